The van der Waals surface area contributed by atoms with Crippen molar-refractivity contribution in [2.24, 2.45) is 5.16 Å². The highest BCUT2D eigenvalue weighted by molar-refractivity contribution is 9.10. The molecule has 0 aliphatic carbocycles. The molecule has 0 spiro atoms. The summed E-state index contributed by atoms with van der Waals surface area (Å²) in [6.45, 7) is 9.26. The number of halogens is 3. The van der Waals surface area contributed by atoms with E-state index in [-0.39, 0.29) is 4.49 Å². The lowest BCUT2D eigenvalue weighted by Gasteiger charge is -2.18. The van der Waals surface area contributed by atoms with E-state index >= 15 is 0 Å². The molecule has 0 aliphatic rings. The normalized spacial score (nSPS) is 10.2. The average molecular weight is 453 g/mol. The number of ether oxygens (including phenoxy) is 2. The first kappa shape index (κ1) is 22.1. The van der Waals surface area contributed by atoms with Crippen molar-refractivity contribution >= 4 is 44.8 Å². The van der Waals surface area contributed by atoms with Gasteiger partial charge in [0.05, 0.1) is 16.8 Å². The lowest BCUT2D eigenvalue weighted by Crippen LogP contribution is -2.06. The quantitative estimate of drug-likeness (QED) is 0.241. The maximum absolute atomic E-state index is 5.98. The minimum absolute atomic E-state index is 0.188. The lowest BCUT2D eigenvalue weighted by molar-refractivity contribution is 0.127. The van der Waals surface area contributed by atoms with Gasteiger partial charge in [-0.05, 0) is 60.8 Å². The van der Waals surface area contributed by atoms with Gasteiger partial charge in [0.1, 0.15) is 29.2 Å². The molecule has 0 aliphatic heterocycles. The van der Waals surface area contributed by atoms with Crippen molar-refractivity contribution in [2.45, 2.75) is 40.5 Å². The van der Waals surface area contributed by atoms with Gasteiger partial charge in [-0.15, -0.1) is 0 Å². The summed E-state index contributed by atoms with van der Waals surface area (Å²) in [5.74, 6) is 1.62. The highest BCUT2D eigenvalue weighted by Crippen LogP contribution is 2.38. The van der Waals surface area contributed by atoms with E-state index in [9.17, 15) is 0 Å². The van der Waals surface area contributed by atoms with Gasteiger partial charge in [0.15, 0.2) is 0 Å². The number of hydrogen-bond donors (Lipinski definition) is 0. The van der Waals surface area contributed by atoms with Crippen molar-refractivity contribution in [1.29, 1.82) is 0 Å². The number of benzene rings is 1. The largest absolute Gasteiger partial charge is 0.493 e. The molecule has 0 atom stereocenters. The summed E-state index contributed by atoms with van der Waals surface area (Å²) >= 11 is 14.8. The van der Waals surface area contributed by atoms with E-state index in [1.807, 2.05) is 26.8 Å². The van der Waals surface area contributed by atoms with Crippen molar-refractivity contribution in [3.63, 3.8) is 0 Å². The van der Waals surface area contributed by atoms with Crippen LogP contribution in [0.5, 0.6) is 11.5 Å². The molecule has 0 N–H and O–H groups in total. The van der Waals surface area contributed by atoms with Gasteiger partial charge in [-0.3, -0.25) is 0 Å². The third-order valence-corrected chi connectivity index (χ3v) is 4.34. The Kier molecular flexibility index (Phi) is 10.3. The van der Waals surface area contributed by atoms with Crippen LogP contribution in [0.4, 0.5) is 0 Å². The van der Waals surface area contributed by atoms with E-state index in [0.717, 1.165) is 45.7 Å². The van der Waals surface area contributed by atoms with Gasteiger partial charge in [-0.2, -0.15) is 0 Å². The molecule has 140 valence electrons. The molecule has 1 aromatic rings. The Labute approximate surface area is 168 Å². The van der Waals surface area contributed by atoms with Crippen LogP contribution in [0.2, 0.25) is 0 Å². The Hall–Kier alpha value is -0.910. The number of nitrogens with zero attached hydrogens (tertiary/aromatic N) is 1. The highest BCUT2D eigenvalue weighted by atomic mass is 79.9. The van der Waals surface area contributed by atoms with Crippen molar-refractivity contribution in [1.82, 2.24) is 0 Å². The molecule has 0 fully saturated rings. The summed E-state index contributed by atoms with van der Waals surface area (Å²) in [6.07, 6.45) is 3.17. The summed E-state index contributed by atoms with van der Waals surface area (Å²) in [6, 6.07) is 1.94. The summed E-state index contributed by atoms with van der Waals surface area (Å²) in [5, 5.41) is 3.90. The van der Waals surface area contributed by atoms with Crippen molar-refractivity contribution in [2.75, 3.05) is 19.8 Å². The van der Waals surface area contributed by atoms with Gasteiger partial charge in [-0.1, -0.05) is 35.3 Å². The van der Waals surface area contributed by atoms with Crippen LogP contribution in [0.25, 0.3) is 0 Å². The molecular weight excluding hydrogens is 429 g/mol. The summed E-state index contributed by atoms with van der Waals surface area (Å²) in [5.41, 5.74) is 2.98. The number of rotatable bonds is 10. The predicted octanol–water partition coefficient (Wildman–Crippen LogP) is 6.20. The van der Waals surface area contributed by atoms with Crippen LogP contribution < -0.4 is 9.47 Å². The summed E-state index contributed by atoms with van der Waals surface area (Å²) in [4.78, 5) is 5.18. The van der Waals surface area contributed by atoms with Crippen LogP contribution in [-0.2, 0) is 11.3 Å². The molecule has 0 bridgehead atoms. The van der Waals surface area contributed by atoms with Gasteiger partial charge in [0, 0.05) is 12.0 Å². The number of hydrogen-bond acceptors (Lipinski definition) is 4. The Morgan fingerprint density at radius 3 is 2.56 bits per heavy atom. The first-order valence-electron chi connectivity index (χ1n) is 8.08. The molecule has 4 nitrogen and oxygen atoms in total. The molecule has 1 aromatic carbocycles. The van der Waals surface area contributed by atoms with Crippen molar-refractivity contribution in [3.8, 4) is 11.5 Å². The zero-order valence-electron chi connectivity index (χ0n) is 15.0. The van der Waals surface area contributed by atoms with Crippen LogP contribution in [0.1, 0.15) is 38.3 Å². The molecule has 0 amide bonds. The Morgan fingerprint density at radius 1 is 1.24 bits per heavy atom. The van der Waals surface area contributed by atoms with Gasteiger partial charge in [-0.25, -0.2) is 0 Å². The molecule has 0 aromatic heterocycles. The van der Waals surface area contributed by atoms with Gasteiger partial charge >= 0.3 is 0 Å². The van der Waals surface area contributed by atoms with Crippen molar-refractivity contribution < 1.29 is 14.3 Å². The van der Waals surface area contributed by atoms with E-state index in [1.165, 1.54) is 0 Å². The third-order valence-electron chi connectivity index (χ3n) is 3.16. The van der Waals surface area contributed by atoms with E-state index in [1.54, 1.807) is 6.08 Å². The fourth-order valence-electron chi connectivity index (χ4n) is 2.10. The monoisotopic (exact) mass is 451 g/mol. The summed E-state index contributed by atoms with van der Waals surface area (Å²) in [7, 11) is 0. The Bertz CT molecular complexity index is 625. The molecule has 0 saturated carbocycles. The SMILES string of the molecule is CCc1c(Br)c(OCC=C(Cl)Cl)cc(C)c1OCCCON=C(C)C. The Balaban J connectivity index is 2.75. The minimum atomic E-state index is 0.188. The minimum Gasteiger partial charge on any atom is -0.493 e. The van der Waals surface area contributed by atoms with Crippen LogP contribution in [-0.4, -0.2) is 25.5 Å². The van der Waals surface area contributed by atoms with Crippen molar-refractivity contribution in [3.05, 3.63) is 32.2 Å². The molecule has 0 unspecified atom stereocenters. The smallest absolute Gasteiger partial charge is 0.134 e. The van der Waals surface area contributed by atoms with E-state index in [0.29, 0.717) is 19.8 Å². The van der Waals surface area contributed by atoms with E-state index in [4.69, 9.17) is 37.5 Å². The van der Waals surface area contributed by atoms with E-state index < -0.39 is 0 Å². The fourth-order valence-corrected chi connectivity index (χ4v) is 2.92. The number of oxime groups is 1. The van der Waals surface area contributed by atoms with E-state index in [2.05, 4.69) is 28.0 Å². The zero-order chi connectivity index (χ0) is 18.8. The second kappa shape index (κ2) is 11.7. The highest BCUT2D eigenvalue weighted by Gasteiger charge is 2.15. The van der Waals surface area contributed by atoms with Crippen LogP contribution in [0, 0.1) is 6.92 Å². The predicted molar refractivity (Wildman–Crippen MR) is 108 cm³/mol. The summed E-state index contributed by atoms with van der Waals surface area (Å²) < 4.78 is 12.8. The third kappa shape index (κ3) is 7.89. The number of aryl methyl sites for hydroxylation is 1. The fraction of sp³-hybridized carbons (Fsp3) is 0.500. The molecule has 0 saturated heterocycles. The lowest BCUT2D eigenvalue weighted by atomic mass is 10.1. The maximum Gasteiger partial charge on any atom is 0.134 e. The average Bonchev–Trinajstić information content (AvgIpc) is 2.54. The first-order valence-corrected chi connectivity index (χ1v) is 9.63. The molecule has 0 radical (unpaired) electrons. The standard InChI is InChI=1S/C18H24BrCl2NO3/c1-5-14-17(19)15(23-10-7-16(20)21)11-13(4)18(14)24-8-6-9-25-22-12(2)3/h7,11H,5-6,8-10H2,1-4H3. The molecule has 0 heterocycles. The second-order valence-electron chi connectivity index (χ2n) is 5.55. The van der Waals surface area contributed by atoms with Crippen LogP contribution in [0.15, 0.2) is 26.3 Å². The molecule has 1 rings (SSSR count). The van der Waals surface area contributed by atoms with Gasteiger partial charge in [0.25, 0.3) is 0 Å². The molecule has 7 heteroatoms. The van der Waals surface area contributed by atoms with Gasteiger partial charge < -0.3 is 14.3 Å². The Morgan fingerprint density at radius 2 is 1.96 bits per heavy atom. The van der Waals surface area contributed by atoms with Crippen LogP contribution in [0.3, 0.4) is 0 Å². The first-order chi connectivity index (χ1) is 11.9. The molecular formula is C18H24BrCl2NO3. The van der Waals surface area contributed by atoms with Crippen LogP contribution >= 0.6 is 39.1 Å². The van der Waals surface area contributed by atoms with Gasteiger partial charge in [0.2, 0.25) is 0 Å². The maximum atomic E-state index is 5.98. The second-order valence-corrected chi connectivity index (χ2v) is 7.35. The zero-order valence-corrected chi connectivity index (χ0v) is 18.1. The molecule has 25 heavy (non-hydrogen) atoms. The topological polar surface area (TPSA) is 40.0 Å².